The molecule has 2 aromatic carbocycles. The Hall–Kier alpha value is -5.23. The number of hydrogen-bond acceptors (Lipinski definition) is 9. The van der Waals surface area contributed by atoms with Crippen LogP contribution in [0.3, 0.4) is 0 Å². The van der Waals surface area contributed by atoms with Gasteiger partial charge in [0.25, 0.3) is 11.8 Å². The van der Waals surface area contributed by atoms with Gasteiger partial charge in [-0.05, 0) is 44.0 Å². The van der Waals surface area contributed by atoms with Crippen molar-refractivity contribution in [2.75, 3.05) is 78.4 Å². The normalized spacial score (nSPS) is 19.7. The van der Waals surface area contributed by atoms with Gasteiger partial charge in [0.15, 0.2) is 17.5 Å². The smallest absolute Gasteiger partial charge is 0.291 e. The second-order valence-electron chi connectivity index (χ2n) is 16.6. The minimum absolute atomic E-state index is 0.0247. The number of carboxylic acid groups (broad SMARTS) is 1. The summed E-state index contributed by atoms with van der Waals surface area (Å²) in [5, 5.41) is 22.0. The summed E-state index contributed by atoms with van der Waals surface area (Å²) in [7, 11) is 4.91. The molecule has 0 saturated carbocycles. The SMILES string of the molecule is COCCn1ncc(-c2ccc(-c3cnc(C(=O)Nc4ccc(C(=O)N5CCC(N(C)C(=O)C6CC[N+](CC(=O)[O-])(CC7CNC7)CC6)CC5)c(Cl)c4)n3C)c(F)c2F)c1C. The molecule has 0 atom stereocenters. The fraction of sp³-hybridized carbons (Fsp3) is 0.488. The number of benzene rings is 2. The molecular weight excluding hydrogens is 812 g/mol. The molecule has 3 saturated heterocycles. The van der Waals surface area contributed by atoms with Gasteiger partial charge in [-0.1, -0.05) is 17.7 Å². The van der Waals surface area contributed by atoms with Gasteiger partial charge < -0.3 is 44.1 Å². The van der Waals surface area contributed by atoms with Gasteiger partial charge >= 0.3 is 0 Å². The molecule has 7 rings (SSSR count). The van der Waals surface area contributed by atoms with Gasteiger partial charge in [-0.15, -0.1) is 0 Å². The fourth-order valence-electron chi connectivity index (χ4n) is 9.05. The monoisotopic (exact) mass is 863 g/mol. The minimum Gasteiger partial charge on any atom is -0.544 e. The quantitative estimate of drug-likeness (QED) is 0.181. The molecule has 18 heteroatoms. The number of carbonyl (C=O) groups excluding carboxylic acids is 4. The summed E-state index contributed by atoms with van der Waals surface area (Å²) >= 11 is 6.60. The molecule has 15 nitrogen and oxygen atoms in total. The van der Waals surface area contributed by atoms with Crippen molar-refractivity contribution in [2.24, 2.45) is 18.9 Å². The standard InChI is InChI=1S/C43H52ClF2N9O6/c1-26-34(22-49-54(26)15-18-61-4)31-7-8-33(39(46)38(31)45)36-23-48-40(52(36)3)41(58)50-29-5-6-32(35(44)19-29)43(60)53-13-9-30(10-14-53)51(2)42(59)28-11-16-55(17-12-28,25-37(56)57)24-27-20-47-21-27/h5-8,19,22-23,27-28,30,47H,9-18,20-21,24-25H2,1-4H3,(H-,50,56,57,58,60). The number of carbonyl (C=O) groups is 4. The van der Waals surface area contributed by atoms with Crippen molar-refractivity contribution < 1.29 is 42.3 Å². The Morgan fingerprint density at radius 3 is 2.34 bits per heavy atom. The van der Waals surface area contributed by atoms with E-state index in [2.05, 4.69) is 20.7 Å². The van der Waals surface area contributed by atoms with E-state index in [1.165, 1.54) is 48.3 Å². The second-order valence-corrected chi connectivity index (χ2v) is 17.0. The third kappa shape index (κ3) is 9.20. The Bertz CT molecular complexity index is 2300. The van der Waals surface area contributed by atoms with Gasteiger partial charge in [0, 0.05) is 106 Å². The van der Waals surface area contributed by atoms with E-state index in [0.29, 0.717) is 92.4 Å². The lowest BCUT2D eigenvalue weighted by molar-refractivity contribution is -0.931. The number of hydrogen-bond donors (Lipinski definition) is 2. The predicted molar refractivity (Wildman–Crippen MR) is 221 cm³/mol. The first kappa shape index (κ1) is 43.8. The summed E-state index contributed by atoms with van der Waals surface area (Å²) in [4.78, 5) is 59.9. The van der Waals surface area contributed by atoms with Gasteiger partial charge in [0.1, 0.15) is 6.54 Å². The van der Waals surface area contributed by atoms with Crippen molar-refractivity contribution >= 4 is 41.0 Å². The molecule has 0 radical (unpaired) electrons. The summed E-state index contributed by atoms with van der Waals surface area (Å²) < 4.78 is 39.7. The van der Waals surface area contributed by atoms with E-state index in [-0.39, 0.29) is 63.6 Å². The van der Waals surface area contributed by atoms with Crippen LogP contribution in [0.25, 0.3) is 22.4 Å². The van der Waals surface area contributed by atoms with Crippen LogP contribution < -0.4 is 15.7 Å². The molecule has 61 heavy (non-hydrogen) atoms. The number of halogens is 3. The number of imidazole rings is 1. The van der Waals surface area contributed by atoms with Crippen LogP contribution in [-0.2, 0) is 27.9 Å². The number of piperidine rings is 2. The van der Waals surface area contributed by atoms with Crippen molar-refractivity contribution in [3.05, 3.63) is 76.5 Å². The van der Waals surface area contributed by atoms with Gasteiger partial charge in [-0.25, -0.2) is 13.8 Å². The average molecular weight is 864 g/mol. The zero-order valence-corrected chi connectivity index (χ0v) is 35.6. The summed E-state index contributed by atoms with van der Waals surface area (Å²) in [6.45, 7) is 7.32. The van der Waals surface area contributed by atoms with Crippen molar-refractivity contribution in [1.29, 1.82) is 0 Å². The maximum Gasteiger partial charge on any atom is 0.291 e. The van der Waals surface area contributed by atoms with Crippen molar-refractivity contribution in [1.82, 2.24) is 34.4 Å². The molecule has 3 fully saturated rings. The summed E-state index contributed by atoms with van der Waals surface area (Å²) in [5.74, 6) is -3.82. The van der Waals surface area contributed by atoms with E-state index in [1.807, 2.05) is 11.9 Å². The van der Waals surface area contributed by atoms with E-state index in [9.17, 15) is 24.3 Å². The number of quaternary nitrogens is 1. The van der Waals surface area contributed by atoms with Crippen molar-refractivity contribution in [3.8, 4) is 22.4 Å². The Morgan fingerprint density at radius 1 is 1.02 bits per heavy atom. The highest BCUT2D eigenvalue weighted by Gasteiger charge is 2.41. The molecule has 5 heterocycles. The van der Waals surface area contributed by atoms with E-state index < -0.39 is 23.5 Å². The van der Waals surface area contributed by atoms with E-state index >= 15 is 8.78 Å². The minimum atomic E-state index is -1.09. The van der Waals surface area contributed by atoms with Crippen molar-refractivity contribution in [2.45, 2.75) is 45.2 Å². The highest BCUT2D eigenvalue weighted by atomic mass is 35.5. The molecule has 326 valence electrons. The number of methoxy groups -OCH3 is 1. The summed E-state index contributed by atoms with van der Waals surface area (Å²) in [6.07, 6.45) is 5.23. The van der Waals surface area contributed by atoms with Crippen LogP contribution in [0.1, 0.15) is 52.4 Å². The summed E-state index contributed by atoms with van der Waals surface area (Å²) in [6, 6.07) is 7.44. The molecule has 0 unspecified atom stereocenters. The number of carboxylic acids is 1. The molecule has 4 aromatic rings. The molecule has 3 aliphatic rings. The maximum absolute atomic E-state index is 15.6. The number of anilines is 1. The molecular formula is C43H52ClF2N9O6. The van der Waals surface area contributed by atoms with Crippen molar-refractivity contribution in [3.63, 3.8) is 0 Å². The van der Waals surface area contributed by atoms with Gasteiger partial charge in [0.05, 0.1) is 67.4 Å². The molecule has 3 aliphatic heterocycles. The first-order valence-electron chi connectivity index (χ1n) is 20.6. The number of aromatic nitrogens is 4. The first-order chi connectivity index (χ1) is 29.2. The van der Waals surface area contributed by atoms with Crippen LogP contribution in [0.2, 0.25) is 5.02 Å². The van der Waals surface area contributed by atoms with E-state index in [0.717, 1.165) is 19.6 Å². The van der Waals surface area contributed by atoms with Crippen LogP contribution in [0, 0.1) is 30.4 Å². The van der Waals surface area contributed by atoms with E-state index in [4.69, 9.17) is 16.3 Å². The third-order valence-corrected chi connectivity index (χ3v) is 13.1. The molecule has 2 aromatic heterocycles. The van der Waals surface area contributed by atoms with Crippen LogP contribution in [-0.4, -0.2) is 136 Å². The molecule has 0 bridgehead atoms. The number of ether oxygens (including phenoxy) is 1. The third-order valence-electron chi connectivity index (χ3n) is 12.8. The van der Waals surface area contributed by atoms with Crippen LogP contribution in [0.5, 0.6) is 0 Å². The van der Waals surface area contributed by atoms with Gasteiger partial charge in [0.2, 0.25) is 5.91 Å². The van der Waals surface area contributed by atoms with E-state index in [1.54, 1.807) is 29.7 Å². The zero-order chi connectivity index (χ0) is 43.6. The number of nitrogens with zero attached hydrogens (tertiary/aromatic N) is 7. The summed E-state index contributed by atoms with van der Waals surface area (Å²) in [5.41, 5.74) is 1.84. The number of likely N-dealkylation sites (tertiary alicyclic amines) is 2. The Morgan fingerprint density at radius 2 is 1.70 bits per heavy atom. The highest BCUT2D eigenvalue weighted by molar-refractivity contribution is 6.34. The van der Waals surface area contributed by atoms with Crippen LogP contribution in [0.15, 0.2) is 42.7 Å². The highest BCUT2D eigenvalue weighted by Crippen LogP contribution is 2.34. The largest absolute Gasteiger partial charge is 0.544 e. The average Bonchev–Trinajstić information content (AvgIpc) is 3.80. The fourth-order valence-corrected chi connectivity index (χ4v) is 9.32. The Kier molecular flexibility index (Phi) is 13.2. The molecule has 0 spiro atoms. The topological polar surface area (TPSA) is 167 Å². The lowest BCUT2D eigenvalue weighted by atomic mass is 9.90. The second kappa shape index (κ2) is 18.4. The lowest BCUT2D eigenvalue weighted by Crippen LogP contribution is -2.63. The molecule has 2 N–H and O–H groups in total. The Labute approximate surface area is 358 Å². The number of aliphatic carboxylic acids is 1. The zero-order valence-electron chi connectivity index (χ0n) is 34.9. The van der Waals surface area contributed by atoms with Crippen LogP contribution in [0.4, 0.5) is 14.5 Å². The maximum atomic E-state index is 15.6. The number of nitrogens with one attached hydrogen (secondary N) is 2. The van der Waals surface area contributed by atoms with Crippen LogP contribution >= 0.6 is 11.6 Å². The molecule has 0 aliphatic carbocycles. The number of amides is 3. The Balaban J connectivity index is 0.930. The number of rotatable bonds is 14. The predicted octanol–water partition coefficient (Wildman–Crippen LogP) is 3.35. The first-order valence-corrected chi connectivity index (χ1v) is 21.0. The van der Waals surface area contributed by atoms with Gasteiger partial charge in [-0.3, -0.25) is 19.1 Å². The molecule has 3 amide bonds. The van der Waals surface area contributed by atoms with Gasteiger partial charge in [-0.2, -0.15) is 5.10 Å². The lowest BCUT2D eigenvalue weighted by Gasteiger charge is -2.47.